The number of nitrogen functional groups attached to an aromatic ring is 1. The van der Waals surface area contributed by atoms with Crippen molar-refractivity contribution in [2.24, 2.45) is 0 Å². The summed E-state index contributed by atoms with van der Waals surface area (Å²) in [5.74, 6) is -0.121. The summed E-state index contributed by atoms with van der Waals surface area (Å²) in [5, 5.41) is 0. The molecule has 2 aromatic rings. The third kappa shape index (κ3) is 2.64. The van der Waals surface area contributed by atoms with Crippen LogP contribution >= 0.6 is 0 Å². The topological polar surface area (TPSA) is 52.3 Å². The summed E-state index contributed by atoms with van der Waals surface area (Å²) in [6.45, 7) is 0. The van der Waals surface area contributed by atoms with Gasteiger partial charge in [0, 0.05) is 16.8 Å². The third-order valence-corrected chi connectivity index (χ3v) is 3.18. The summed E-state index contributed by atoms with van der Waals surface area (Å²) in [7, 11) is 0. The van der Waals surface area contributed by atoms with Crippen LogP contribution in [-0.2, 0) is 0 Å². The smallest absolute Gasteiger partial charge is 0.195 e. The number of anilines is 1. The Hall–Kier alpha value is -2.36. The van der Waals surface area contributed by atoms with E-state index in [-0.39, 0.29) is 23.1 Å². The van der Waals surface area contributed by atoms with Gasteiger partial charge in [0.2, 0.25) is 0 Å². The van der Waals surface area contributed by atoms with E-state index in [0.717, 1.165) is 18.9 Å². The van der Waals surface area contributed by atoms with E-state index in [2.05, 4.69) is 0 Å². The third-order valence-electron chi connectivity index (χ3n) is 3.18. The number of ketones is 1. The maximum Gasteiger partial charge on any atom is 0.195 e. The molecule has 0 atom stereocenters. The highest BCUT2D eigenvalue weighted by Crippen LogP contribution is 2.28. The number of carbonyl (C=O) groups excluding carboxylic acids is 1. The predicted molar refractivity (Wildman–Crippen MR) is 74.3 cm³/mol. The van der Waals surface area contributed by atoms with E-state index in [9.17, 15) is 9.18 Å². The Morgan fingerprint density at radius 1 is 1.20 bits per heavy atom. The van der Waals surface area contributed by atoms with Gasteiger partial charge in [0.15, 0.2) is 5.78 Å². The molecule has 0 radical (unpaired) electrons. The molecule has 1 aliphatic rings. The first-order valence-corrected chi connectivity index (χ1v) is 6.50. The minimum atomic E-state index is -0.479. The van der Waals surface area contributed by atoms with Gasteiger partial charge >= 0.3 is 0 Å². The average molecular weight is 271 g/mol. The van der Waals surface area contributed by atoms with E-state index in [4.69, 9.17) is 10.5 Å². The van der Waals surface area contributed by atoms with Crippen molar-refractivity contribution in [3.63, 3.8) is 0 Å². The lowest BCUT2D eigenvalue weighted by molar-refractivity contribution is 0.103. The molecule has 0 unspecified atom stereocenters. The van der Waals surface area contributed by atoms with Gasteiger partial charge in [-0.15, -0.1) is 0 Å². The van der Waals surface area contributed by atoms with Gasteiger partial charge in [-0.1, -0.05) is 12.1 Å². The molecule has 0 aliphatic heterocycles. The van der Waals surface area contributed by atoms with E-state index in [1.165, 1.54) is 12.1 Å². The lowest BCUT2D eigenvalue weighted by atomic mass is 10.0. The van der Waals surface area contributed by atoms with Crippen LogP contribution < -0.4 is 10.5 Å². The summed E-state index contributed by atoms with van der Waals surface area (Å²) in [4.78, 5) is 12.4. The van der Waals surface area contributed by atoms with Crippen molar-refractivity contribution in [2.75, 3.05) is 5.73 Å². The standard InChI is InChI=1S/C16H14FNO2/c17-11-4-7-15(18)14(9-11)16(19)10-2-1-3-13(8-10)20-12-5-6-12/h1-4,7-9,12H,5-6,18H2. The molecule has 0 bridgehead atoms. The van der Waals surface area contributed by atoms with Gasteiger partial charge in [0.1, 0.15) is 11.6 Å². The van der Waals surface area contributed by atoms with Crippen LogP contribution in [0.25, 0.3) is 0 Å². The van der Waals surface area contributed by atoms with Crippen molar-refractivity contribution in [3.8, 4) is 5.75 Å². The van der Waals surface area contributed by atoms with E-state index in [0.29, 0.717) is 11.3 Å². The van der Waals surface area contributed by atoms with E-state index < -0.39 is 5.82 Å². The zero-order valence-corrected chi connectivity index (χ0v) is 10.8. The van der Waals surface area contributed by atoms with Gasteiger partial charge in [-0.05, 0) is 43.2 Å². The van der Waals surface area contributed by atoms with Gasteiger partial charge in [-0.25, -0.2) is 4.39 Å². The van der Waals surface area contributed by atoms with Gasteiger partial charge in [-0.3, -0.25) is 4.79 Å². The highest BCUT2D eigenvalue weighted by atomic mass is 19.1. The molecule has 4 heteroatoms. The summed E-state index contributed by atoms with van der Waals surface area (Å²) in [5.41, 5.74) is 6.63. The van der Waals surface area contributed by atoms with Crippen LogP contribution in [0.4, 0.5) is 10.1 Å². The fourth-order valence-electron chi connectivity index (χ4n) is 1.97. The summed E-state index contributed by atoms with van der Waals surface area (Å²) < 4.78 is 18.9. The number of hydrogen-bond donors (Lipinski definition) is 1. The largest absolute Gasteiger partial charge is 0.490 e. The Balaban J connectivity index is 1.91. The zero-order valence-electron chi connectivity index (χ0n) is 10.8. The molecule has 3 nitrogen and oxygen atoms in total. The predicted octanol–water partition coefficient (Wildman–Crippen LogP) is 3.18. The first-order chi connectivity index (χ1) is 9.63. The zero-order chi connectivity index (χ0) is 14.1. The molecule has 102 valence electrons. The Bertz CT molecular complexity index is 665. The van der Waals surface area contributed by atoms with Gasteiger partial charge in [0.05, 0.1) is 6.10 Å². The molecule has 1 aliphatic carbocycles. The number of halogens is 1. The number of carbonyl (C=O) groups is 1. The van der Waals surface area contributed by atoms with Crippen molar-refractivity contribution in [1.29, 1.82) is 0 Å². The summed E-state index contributed by atoms with van der Waals surface area (Å²) in [6, 6.07) is 10.7. The number of nitrogens with two attached hydrogens (primary N) is 1. The normalized spacial score (nSPS) is 14.1. The van der Waals surface area contributed by atoms with Crippen molar-refractivity contribution < 1.29 is 13.9 Å². The molecule has 3 rings (SSSR count). The number of hydrogen-bond acceptors (Lipinski definition) is 3. The van der Waals surface area contributed by atoms with Gasteiger partial charge in [0.25, 0.3) is 0 Å². The SMILES string of the molecule is Nc1ccc(F)cc1C(=O)c1cccc(OC2CC2)c1. The number of ether oxygens (including phenoxy) is 1. The molecular formula is C16H14FNO2. The monoisotopic (exact) mass is 271 g/mol. The highest BCUT2D eigenvalue weighted by Gasteiger charge is 2.24. The Morgan fingerprint density at radius 2 is 2.00 bits per heavy atom. The van der Waals surface area contributed by atoms with Gasteiger partial charge in [-0.2, -0.15) is 0 Å². The fraction of sp³-hybridized carbons (Fsp3) is 0.188. The molecule has 20 heavy (non-hydrogen) atoms. The second kappa shape index (κ2) is 4.96. The van der Waals surface area contributed by atoms with Crippen molar-refractivity contribution in [2.45, 2.75) is 18.9 Å². The molecule has 0 aromatic heterocycles. The maximum atomic E-state index is 13.3. The average Bonchev–Trinajstić information content (AvgIpc) is 3.25. The quantitative estimate of drug-likeness (QED) is 0.686. The molecule has 2 aromatic carbocycles. The molecule has 1 saturated carbocycles. The summed E-state index contributed by atoms with van der Waals surface area (Å²) >= 11 is 0. The van der Waals surface area contributed by atoms with E-state index in [1.54, 1.807) is 18.2 Å². The molecule has 2 N–H and O–H groups in total. The molecular weight excluding hydrogens is 257 g/mol. The second-order valence-electron chi connectivity index (χ2n) is 4.91. The molecule has 1 fully saturated rings. The van der Waals surface area contributed by atoms with Crippen molar-refractivity contribution in [3.05, 3.63) is 59.4 Å². The molecule has 0 heterocycles. The Labute approximate surface area is 116 Å². The highest BCUT2D eigenvalue weighted by molar-refractivity contribution is 6.12. The Morgan fingerprint density at radius 3 is 2.75 bits per heavy atom. The first-order valence-electron chi connectivity index (χ1n) is 6.50. The van der Waals surface area contributed by atoms with Gasteiger partial charge < -0.3 is 10.5 Å². The maximum absolute atomic E-state index is 13.3. The number of benzene rings is 2. The van der Waals surface area contributed by atoms with E-state index in [1.807, 2.05) is 6.07 Å². The Kier molecular flexibility index (Phi) is 3.14. The molecule has 0 spiro atoms. The lowest BCUT2D eigenvalue weighted by Crippen LogP contribution is -2.06. The van der Waals surface area contributed by atoms with Crippen LogP contribution in [0.5, 0.6) is 5.75 Å². The van der Waals surface area contributed by atoms with Crippen LogP contribution in [0.3, 0.4) is 0 Å². The van der Waals surface area contributed by atoms with Crippen molar-refractivity contribution >= 4 is 11.5 Å². The minimum absolute atomic E-state index is 0.175. The van der Waals surface area contributed by atoms with Crippen LogP contribution in [0.2, 0.25) is 0 Å². The van der Waals surface area contributed by atoms with Crippen LogP contribution in [0.15, 0.2) is 42.5 Å². The second-order valence-corrected chi connectivity index (χ2v) is 4.91. The summed E-state index contributed by atoms with van der Waals surface area (Å²) in [6.07, 6.45) is 2.36. The van der Waals surface area contributed by atoms with Crippen LogP contribution in [0.1, 0.15) is 28.8 Å². The van der Waals surface area contributed by atoms with Crippen LogP contribution in [-0.4, -0.2) is 11.9 Å². The van der Waals surface area contributed by atoms with Crippen LogP contribution in [0, 0.1) is 5.82 Å². The first kappa shape index (κ1) is 12.7. The lowest BCUT2D eigenvalue weighted by Gasteiger charge is -2.08. The van der Waals surface area contributed by atoms with Crippen molar-refractivity contribution in [1.82, 2.24) is 0 Å². The molecule has 0 saturated heterocycles. The minimum Gasteiger partial charge on any atom is -0.490 e. The molecule has 0 amide bonds. The fourth-order valence-corrected chi connectivity index (χ4v) is 1.97. The number of rotatable bonds is 4. The van der Waals surface area contributed by atoms with E-state index >= 15 is 0 Å².